The van der Waals surface area contributed by atoms with Gasteiger partial charge in [0.1, 0.15) is 49.2 Å². The number of hydrogen-bond acceptors (Lipinski definition) is 22. The number of aliphatic hydroxyl groups is 1. The van der Waals surface area contributed by atoms with Gasteiger partial charge in [0.25, 0.3) is 0 Å². The first-order valence-corrected chi connectivity index (χ1v) is 21.2. The predicted molar refractivity (Wildman–Crippen MR) is 214 cm³/mol. The molecule has 0 aliphatic carbocycles. The highest BCUT2D eigenvalue weighted by molar-refractivity contribution is 5.73. The highest BCUT2D eigenvalue weighted by Gasteiger charge is 2.58. The minimum atomic E-state index is -1.88. The summed E-state index contributed by atoms with van der Waals surface area (Å²) >= 11 is 0. The number of hydrogen-bond donors (Lipinski definition) is 2. The van der Waals surface area contributed by atoms with E-state index in [4.69, 9.17) is 61.6 Å². The molecule has 0 aromatic heterocycles. The topological polar surface area (TPSA) is 320 Å². The summed E-state index contributed by atoms with van der Waals surface area (Å²) in [4.78, 5) is 90.7. The lowest BCUT2D eigenvalue weighted by Gasteiger charge is -2.50. The second-order valence-corrected chi connectivity index (χ2v) is 15.3. The molecule has 3 saturated heterocycles. The average molecular weight is 935 g/mol. The molecule has 0 spiro atoms. The number of carbonyl (C=O) groups is 7. The van der Waals surface area contributed by atoms with Crippen molar-refractivity contribution in [2.75, 3.05) is 33.0 Å². The maximum Gasteiger partial charge on any atom is 0.303 e. The Bertz CT molecular complexity index is 1660. The van der Waals surface area contributed by atoms with Crippen LogP contribution in [0.15, 0.2) is 5.11 Å². The number of unbranched alkanes of at least 4 members (excludes halogenated alkanes) is 2. The zero-order valence-corrected chi connectivity index (χ0v) is 38.0. The van der Waals surface area contributed by atoms with Crippen LogP contribution in [0.4, 0.5) is 0 Å². The molecule has 25 nitrogen and oxygen atoms in total. The van der Waals surface area contributed by atoms with Crippen molar-refractivity contribution >= 4 is 41.7 Å². The van der Waals surface area contributed by atoms with Crippen molar-refractivity contribution < 1.29 is 100 Å². The van der Waals surface area contributed by atoms with Crippen molar-refractivity contribution in [3.05, 3.63) is 10.4 Å². The molecule has 15 atom stereocenters. The summed E-state index contributed by atoms with van der Waals surface area (Å²) in [6, 6.07) is -3.15. The third-order valence-electron chi connectivity index (χ3n) is 9.82. The van der Waals surface area contributed by atoms with Gasteiger partial charge < -0.3 is 72.0 Å². The van der Waals surface area contributed by atoms with E-state index in [9.17, 15) is 44.2 Å². The third-order valence-corrected chi connectivity index (χ3v) is 9.82. The van der Waals surface area contributed by atoms with Crippen molar-refractivity contribution in [2.24, 2.45) is 5.11 Å². The van der Waals surface area contributed by atoms with E-state index in [0.717, 1.165) is 61.3 Å². The monoisotopic (exact) mass is 934 g/mol. The molecule has 0 aromatic rings. The molecular formula is C40H62N4O21. The number of rotatable bonds is 23. The highest BCUT2D eigenvalue weighted by atomic mass is 16.8. The SMILES string of the molecule is CCCCOCC1O[C@@H](O)C(NC(C)=O)C(OC(C)=O)[C@@H]1O[C@@H]1OC(COCCCC)[C@H](OC(C)=O)C(O[C@H]2OC(COC(C)=O)[C@H](OC(C)=O)C(OC(C)=O)C2N=[N+]=[N-])C1OC(C)=O. The summed E-state index contributed by atoms with van der Waals surface area (Å²) < 4.78 is 76.9. The summed E-state index contributed by atoms with van der Waals surface area (Å²) in [5.41, 5.74) is 9.78. The largest absolute Gasteiger partial charge is 0.463 e. The zero-order chi connectivity index (χ0) is 48.4. The van der Waals surface area contributed by atoms with Gasteiger partial charge in [-0.25, -0.2) is 0 Å². The maximum atomic E-state index is 13.1. The summed E-state index contributed by atoms with van der Waals surface area (Å²) in [6.07, 6.45) is -18.2. The Hall–Kier alpha value is -4.72. The highest BCUT2D eigenvalue weighted by Crippen LogP contribution is 2.37. The summed E-state index contributed by atoms with van der Waals surface area (Å²) in [6.45, 7) is 10.6. The van der Waals surface area contributed by atoms with Crippen LogP contribution in [0.5, 0.6) is 0 Å². The quantitative estimate of drug-likeness (QED) is 0.0360. The molecule has 3 aliphatic heterocycles. The zero-order valence-electron chi connectivity index (χ0n) is 38.0. The average Bonchev–Trinajstić information content (AvgIpc) is 3.20. The van der Waals surface area contributed by atoms with Gasteiger partial charge in [-0.1, -0.05) is 31.8 Å². The molecule has 25 heteroatoms. The summed E-state index contributed by atoms with van der Waals surface area (Å²) in [5.74, 6) is -5.93. The number of esters is 6. The predicted octanol–water partition coefficient (Wildman–Crippen LogP) is 0.962. The minimum absolute atomic E-state index is 0.205. The van der Waals surface area contributed by atoms with Gasteiger partial charge in [-0.05, 0) is 18.4 Å². The molecule has 0 saturated carbocycles. The van der Waals surface area contributed by atoms with Crippen molar-refractivity contribution in [3.8, 4) is 0 Å². The van der Waals surface area contributed by atoms with E-state index >= 15 is 0 Å². The lowest BCUT2D eigenvalue weighted by atomic mass is 9.94. The Morgan fingerprint density at radius 2 is 1.02 bits per heavy atom. The fourth-order valence-electron chi connectivity index (χ4n) is 7.25. The van der Waals surface area contributed by atoms with Crippen LogP contribution in [0.25, 0.3) is 10.4 Å². The van der Waals surface area contributed by atoms with E-state index in [1.807, 2.05) is 13.8 Å². The van der Waals surface area contributed by atoms with Gasteiger partial charge in [-0.2, -0.15) is 0 Å². The van der Waals surface area contributed by atoms with Crippen LogP contribution in [-0.2, 0) is 95.1 Å². The van der Waals surface area contributed by atoms with Crippen molar-refractivity contribution in [3.63, 3.8) is 0 Å². The Kier molecular flexibility index (Phi) is 22.7. The van der Waals surface area contributed by atoms with E-state index in [2.05, 4.69) is 15.3 Å². The second kappa shape index (κ2) is 27.0. The summed E-state index contributed by atoms with van der Waals surface area (Å²) in [5, 5.41) is 17.4. The minimum Gasteiger partial charge on any atom is -0.463 e. The summed E-state index contributed by atoms with van der Waals surface area (Å²) in [7, 11) is 0. The second-order valence-electron chi connectivity index (χ2n) is 15.3. The number of nitrogens with zero attached hydrogens (tertiary/aromatic N) is 3. The van der Waals surface area contributed by atoms with Crippen LogP contribution in [0, 0.1) is 0 Å². The van der Waals surface area contributed by atoms with Gasteiger partial charge in [0.15, 0.2) is 49.4 Å². The Labute approximate surface area is 375 Å². The lowest BCUT2D eigenvalue weighted by molar-refractivity contribution is -0.369. The van der Waals surface area contributed by atoms with Gasteiger partial charge in [0.05, 0.1) is 13.2 Å². The normalized spacial score (nSPS) is 32.1. The number of carbonyl (C=O) groups excluding carboxylic acids is 7. The van der Waals surface area contributed by atoms with Gasteiger partial charge in [-0.15, -0.1) is 0 Å². The van der Waals surface area contributed by atoms with E-state index in [1.54, 1.807) is 0 Å². The van der Waals surface area contributed by atoms with Crippen LogP contribution in [0.1, 0.15) is 88.0 Å². The molecule has 2 N–H and O–H groups in total. The van der Waals surface area contributed by atoms with E-state index in [-0.39, 0.29) is 26.4 Å². The molecule has 3 fully saturated rings. The van der Waals surface area contributed by atoms with E-state index in [0.29, 0.717) is 12.8 Å². The number of azide groups is 1. The fourth-order valence-corrected chi connectivity index (χ4v) is 7.25. The molecule has 0 bridgehead atoms. The molecular weight excluding hydrogens is 872 g/mol. The molecule has 65 heavy (non-hydrogen) atoms. The number of nitrogens with one attached hydrogen (secondary N) is 1. The van der Waals surface area contributed by atoms with Gasteiger partial charge >= 0.3 is 35.8 Å². The maximum absolute atomic E-state index is 13.1. The van der Waals surface area contributed by atoms with Crippen LogP contribution in [0.2, 0.25) is 0 Å². The molecule has 9 unspecified atom stereocenters. The number of ether oxygens (including phenoxy) is 13. The number of amides is 1. The first-order chi connectivity index (χ1) is 30.8. The fraction of sp³-hybridized carbons (Fsp3) is 0.825. The molecule has 1 amide bonds. The molecule has 0 radical (unpaired) electrons. The lowest BCUT2D eigenvalue weighted by Crippen LogP contribution is -2.69. The van der Waals surface area contributed by atoms with Crippen molar-refractivity contribution in [2.45, 2.75) is 180 Å². The molecule has 3 heterocycles. The number of aliphatic hydroxyl groups excluding tert-OH is 1. The Morgan fingerprint density at radius 3 is 1.51 bits per heavy atom. The van der Waals surface area contributed by atoms with Crippen LogP contribution >= 0.6 is 0 Å². The Balaban J connectivity index is 2.30. The smallest absolute Gasteiger partial charge is 0.303 e. The third kappa shape index (κ3) is 16.9. The molecule has 368 valence electrons. The van der Waals surface area contributed by atoms with Crippen LogP contribution in [-0.4, -0.2) is 172 Å². The van der Waals surface area contributed by atoms with Crippen molar-refractivity contribution in [1.82, 2.24) is 5.32 Å². The first kappa shape index (κ1) is 54.6. The van der Waals surface area contributed by atoms with E-state index < -0.39 is 140 Å². The molecule has 3 aliphatic rings. The van der Waals surface area contributed by atoms with Crippen molar-refractivity contribution in [1.29, 1.82) is 0 Å². The molecule has 0 aromatic carbocycles. The van der Waals surface area contributed by atoms with Crippen LogP contribution < -0.4 is 5.32 Å². The van der Waals surface area contributed by atoms with Gasteiger partial charge in [0.2, 0.25) is 5.91 Å². The van der Waals surface area contributed by atoms with Gasteiger partial charge in [-0.3, -0.25) is 33.6 Å². The van der Waals surface area contributed by atoms with Gasteiger partial charge in [0, 0.05) is 66.6 Å². The standard InChI is InChI=1S/C40H62N4O21/c1-10-12-14-53-16-26-32(34(58-23(7)49)29(38(52)61-26)42-19(3)45)64-40-37(60-25(9)51)36(33(57-22(6)48)27(63-40)17-54-15-13-11-2)65-39-30(43-44-41)35(59-24(8)50)31(56-21(5)47)28(62-39)18-55-20(4)46/h26-40,52H,10-18H2,1-9H3,(H,42,45)/t26?,27?,28?,29?,30?,31-,32+,33-,34?,35?,36?,37?,38+,39+,40-/m0/s1. The van der Waals surface area contributed by atoms with E-state index in [1.165, 1.54) is 0 Å². The first-order valence-electron chi connectivity index (χ1n) is 21.2. The molecule has 3 rings (SSSR count). The Morgan fingerprint density at radius 1 is 0.569 bits per heavy atom. The van der Waals surface area contributed by atoms with Crippen LogP contribution in [0.3, 0.4) is 0 Å².